The Morgan fingerprint density at radius 1 is 1.41 bits per heavy atom. The Kier molecular flexibility index (Phi) is 9.09. The van der Waals surface area contributed by atoms with Crippen molar-refractivity contribution in [2.24, 2.45) is 5.16 Å². The van der Waals surface area contributed by atoms with Gasteiger partial charge in [-0.25, -0.2) is 14.1 Å². The predicted octanol–water partition coefficient (Wildman–Crippen LogP) is -0.168. The van der Waals surface area contributed by atoms with Crippen molar-refractivity contribution >= 4 is 62.2 Å². The summed E-state index contributed by atoms with van der Waals surface area (Å²) < 4.78 is 38.1. The minimum atomic E-state index is -4.84. The highest BCUT2D eigenvalue weighted by molar-refractivity contribution is 7.99. The van der Waals surface area contributed by atoms with Crippen LogP contribution in [0, 0.1) is 0 Å². The molecular weight excluding hydrogens is 512 g/mol. The molecule has 0 aromatic carbocycles. The summed E-state index contributed by atoms with van der Waals surface area (Å²) in [6.45, 7) is 5.38. The molecule has 2 atom stereocenters. The number of anilines is 1. The van der Waals surface area contributed by atoms with E-state index in [-0.39, 0.29) is 28.0 Å². The number of carbonyl (C=O) groups excluding carboxylic acids is 3. The fourth-order valence-electron chi connectivity index (χ4n) is 2.76. The number of thiazole rings is 1. The lowest BCUT2D eigenvalue weighted by Gasteiger charge is -2.44. The number of nitrogen functional groups attached to an aromatic ring is 1. The number of hydrogen-bond acceptors (Lipinski definition) is 12. The molecule has 14 nitrogen and oxygen atoms in total. The minimum Gasteiger partial charge on any atom is -0.444 e. The second-order valence-electron chi connectivity index (χ2n) is 7.82. The number of oxime groups is 1. The van der Waals surface area contributed by atoms with E-state index < -0.39 is 45.9 Å². The molecule has 1 aromatic rings. The van der Waals surface area contributed by atoms with Gasteiger partial charge >= 0.3 is 16.4 Å². The van der Waals surface area contributed by atoms with E-state index in [1.54, 1.807) is 20.8 Å². The molecule has 1 aliphatic rings. The third kappa shape index (κ3) is 7.44. The lowest BCUT2D eigenvalue weighted by molar-refractivity contribution is -0.143. The molecule has 0 spiro atoms. The van der Waals surface area contributed by atoms with Crippen molar-refractivity contribution in [3.63, 3.8) is 0 Å². The van der Waals surface area contributed by atoms with Crippen LogP contribution < -0.4 is 16.4 Å². The first-order chi connectivity index (χ1) is 15.7. The standard InChI is InChI=1S/C17H26N6O8S3/c1-17(2,3)31-16(26)19-5-6-32-8-9-11(14(25)23(9)34(27,28)29)21-13(24)12(22-30-4)10-7-20-15(18)33-10/h7,9,11H,5-6,8H2,1-4H3,(H2,18,20)(H,19,26)(H,21,24)(H,27,28,29). The fourth-order valence-corrected chi connectivity index (χ4v) is 5.40. The average molecular weight is 539 g/mol. The molecule has 1 aliphatic heterocycles. The predicted molar refractivity (Wildman–Crippen MR) is 126 cm³/mol. The monoisotopic (exact) mass is 538 g/mol. The first kappa shape index (κ1) is 27.6. The molecule has 2 heterocycles. The average Bonchev–Trinajstić information content (AvgIpc) is 3.12. The quantitative estimate of drug-likeness (QED) is 0.101. The molecule has 2 unspecified atom stereocenters. The maximum absolute atomic E-state index is 12.7. The van der Waals surface area contributed by atoms with Gasteiger partial charge in [-0.15, -0.1) is 0 Å². The van der Waals surface area contributed by atoms with Gasteiger partial charge in [-0.05, 0) is 20.8 Å². The lowest BCUT2D eigenvalue weighted by Crippen LogP contribution is -2.73. The van der Waals surface area contributed by atoms with Crippen molar-refractivity contribution in [2.45, 2.75) is 38.5 Å². The molecule has 0 aliphatic carbocycles. The Bertz CT molecular complexity index is 1050. The van der Waals surface area contributed by atoms with Crippen LogP contribution in [0.1, 0.15) is 25.6 Å². The van der Waals surface area contributed by atoms with E-state index in [2.05, 4.69) is 25.6 Å². The minimum absolute atomic E-state index is 0.0384. The molecule has 17 heteroatoms. The number of alkyl carbamates (subject to hydrolysis) is 1. The topological polar surface area (TPSA) is 203 Å². The van der Waals surface area contributed by atoms with Crippen LogP contribution in [0.25, 0.3) is 0 Å². The normalized spacial score (nSPS) is 18.8. The van der Waals surface area contributed by atoms with Crippen LogP contribution in [-0.2, 0) is 29.5 Å². The molecule has 1 aromatic heterocycles. The summed E-state index contributed by atoms with van der Waals surface area (Å²) in [4.78, 5) is 45.5. The molecule has 3 amide bonds. The first-order valence-corrected chi connectivity index (χ1v) is 13.1. The summed E-state index contributed by atoms with van der Waals surface area (Å²) in [5.74, 6) is -1.44. The van der Waals surface area contributed by atoms with Gasteiger partial charge in [-0.3, -0.25) is 14.1 Å². The fraction of sp³-hybridized carbons (Fsp3) is 0.588. The maximum Gasteiger partial charge on any atom is 0.407 e. The Balaban J connectivity index is 2.01. The zero-order valence-electron chi connectivity index (χ0n) is 18.8. The summed E-state index contributed by atoms with van der Waals surface area (Å²) in [7, 11) is -3.62. The first-order valence-electron chi connectivity index (χ1n) is 9.73. The van der Waals surface area contributed by atoms with E-state index in [1.807, 2.05) is 0 Å². The van der Waals surface area contributed by atoms with Crippen molar-refractivity contribution in [3.05, 3.63) is 11.1 Å². The molecule has 34 heavy (non-hydrogen) atoms. The number of nitrogens with one attached hydrogen (secondary N) is 2. The van der Waals surface area contributed by atoms with Crippen molar-refractivity contribution in [1.82, 2.24) is 19.9 Å². The molecule has 1 fully saturated rings. The lowest BCUT2D eigenvalue weighted by atomic mass is 10.0. The van der Waals surface area contributed by atoms with Crippen LogP contribution in [0.4, 0.5) is 9.93 Å². The van der Waals surface area contributed by atoms with E-state index in [0.29, 0.717) is 10.1 Å². The second-order valence-corrected chi connectivity index (χ2v) is 11.3. The van der Waals surface area contributed by atoms with Crippen LogP contribution in [-0.4, -0.2) is 88.7 Å². The second kappa shape index (κ2) is 11.2. The molecular formula is C17H26N6O8S3. The number of ether oxygens (including phenoxy) is 1. The molecule has 5 N–H and O–H groups in total. The van der Waals surface area contributed by atoms with Gasteiger partial charge in [0, 0.05) is 24.2 Å². The van der Waals surface area contributed by atoms with Crippen LogP contribution in [0.2, 0.25) is 0 Å². The van der Waals surface area contributed by atoms with E-state index in [1.165, 1.54) is 25.1 Å². The van der Waals surface area contributed by atoms with Gasteiger partial charge in [0.1, 0.15) is 18.8 Å². The molecule has 0 bridgehead atoms. The summed E-state index contributed by atoms with van der Waals surface area (Å²) >= 11 is 2.16. The molecule has 1 saturated heterocycles. The number of rotatable bonds is 10. The largest absolute Gasteiger partial charge is 0.444 e. The van der Waals surface area contributed by atoms with Gasteiger partial charge in [0.25, 0.3) is 11.8 Å². The van der Waals surface area contributed by atoms with Crippen molar-refractivity contribution in [2.75, 3.05) is 30.9 Å². The van der Waals surface area contributed by atoms with Gasteiger partial charge in [-0.2, -0.15) is 20.2 Å². The Morgan fingerprint density at radius 2 is 2.09 bits per heavy atom. The van der Waals surface area contributed by atoms with Gasteiger partial charge in [0.2, 0.25) is 0 Å². The molecule has 0 radical (unpaired) electrons. The summed E-state index contributed by atoms with van der Waals surface area (Å²) in [5.41, 5.74) is 4.72. The molecule has 190 valence electrons. The summed E-state index contributed by atoms with van der Waals surface area (Å²) in [6.07, 6.45) is 0.695. The van der Waals surface area contributed by atoms with Crippen molar-refractivity contribution in [1.29, 1.82) is 0 Å². The maximum atomic E-state index is 12.7. The highest BCUT2D eigenvalue weighted by atomic mass is 32.2. The van der Waals surface area contributed by atoms with Gasteiger partial charge in [0.05, 0.1) is 10.9 Å². The number of nitrogens with zero attached hydrogens (tertiary/aromatic N) is 3. The van der Waals surface area contributed by atoms with Crippen LogP contribution in [0.15, 0.2) is 11.4 Å². The number of nitrogens with two attached hydrogens (primary N) is 1. The van der Waals surface area contributed by atoms with Crippen LogP contribution >= 0.6 is 23.1 Å². The molecule has 0 saturated carbocycles. The van der Waals surface area contributed by atoms with Gasteiger partial charge < -0.3 is 25.9 Å². The zero-order valence-corrected chi connectivity index (χ0v) is 21.3. The van der Waals surface area contributed by atoms with Crippen molar-refractivity contribution in [3.8, 4) is 0 Å². The number of carbonyl (C=O) groups is 3. The summed E-state index contributed by atoms with van der Waals surface area (Å²) in [5, 5.41) is 8.78. The molecule has 2 rings (SSSR count). The van der Waals surface area contributed by atoms with Crippen LogP contribution in [0.5, 0.6) is 0 Å². The Labute approximate surface area is 204 Å². The third-order valence-corrected chi connectivity index (χ3v) is 6.91. The van der Waals surface area contributed by atoms with E-state index in [4.69, 9.17) is 10.5 Å². The van der Waals surface area contributed by atoms with E-state index >= 15 is 0 Å². The highest BCUT2D eigenvalue weighted by Crippen LogP contribution is 2.27. The highest BCUT2D eigenvalue weighted by Gasteiger charge is 2.54. The number of thioether (sulfide) groups is 1. The van der Waals surface area contributed by atoms with E-state index in [0.717, 1.165) is 11.3 Å². The third-order valence-electron chi connectivity index (χ3n) is 4.06. The number of aromatic nitrogens is 1. The summed E-state index contributed by atoms with van der Waals surface area (Å²) in [6, 6.07) is -2.30. The SMILES string of the molecule is CON=C(C(=O)NC1C(=O)N(S(=O)(=O)O)C1CSCCNC(=O)OC(C)(C)C)c1cnc(N)s1. The number of β-lactam (4-membered cyclic amide) rings is 1. The van der Waals surface area contributed by atoms with Crippen LogP contribution in [0.3, 0.4) is 0 Å². The number of amides is 3. The smallest absolute Gasteiger partial charge is 0.407 e. The number of hydrogen-bond donors (Lipinski definition) is 4. The van der Waals surface area contributed by atoms with Gasteiger partial charge in [-0.1, -0.05) is 16.5 Å². The Hall–Kier alpha value is -2.63. The van der Waals surface area contributed by atoms with E-state index in [9.17, 15) is 27.4 Å². The Morgan fingerprint density at radius 3 is 2.62 bits per heavy atom. The van der Waals surface area contributed by atoms with Crippen molar-refractivity contribution < 1.29 is 36.9 Å². The van der Waals surface area contributed by atoms with Gasteiger partial charge in [0.15, 0.2) is 10.8 Å². The zero-order chi connectivity index (χ0) is 25.7.